The van der Waals surface area contributed by atoms with Crippen LogP contribution >= 0.6 is 27.5 Å². The van der Waals surface area contributed by atoms with Gasteiger partial charge in [-0.3, -0.25) is 0 Å². The Kier molecular flexibility index (Phi) is 4.50. The van der Waals surface area contributed by atoms with Gasteiger partial charge in [-0.1, -0.05) is 63.6 Å². The van der Waals surface area contributed by atoms with Crippen LogP contribution in [0.15, 0.2) is 28.7 Å². The summed E-state index contributed by atoms with van der Waals surface area (Å²) in [5.41, 5.74) is 3.35. The minimum absolute atomic E-state index is 0.144. The molecule has 0 saturated carbocycles. The molecule has 1 heterocycles. The van der Waals surface area contributed by atoms with E-state index in [2.05, 4.69) is 77.9 Å². The van der Waals surface area contributed by atoms with E-state index in [4.69, 9.17) is 11.6 Å². The number of hydrogen-bond donors (Lipinski definition) is 0. The smallest absolute Gasteiger partial charge is 0.161 e. The minimum atomic E-state index is 0.144. The topological polar surface area (TPSA) is 25.8 Å². The summed E-state index contributed by atoms with van der Waals surface area (Å²) in [4.78, 5) is 8.92. The van der Waals surface area contributed by atoms with Gasteiger partial charge in [0.15, 0.2) is 5.82 Å². The Bertz CT molecular complexity index is 616. The molecule has 4 heteroatoms. The lowest BCUT2D eigenvalue weighted by Crippen LogP contribution is -2.10. The molecule has 2 aromatic rings. The van der Waals surface area contributed by atoms with Crippen molar-refractivity contribution in [2.75, 3.05) is 0 Å². The predicted molar refractivity (Wildman–Crippen MR) is 88.3 cm³/mol. The summed E-state index contributed by atoms with van der Waals surface area (Å²) in [6.45, 7) is 8.65. The molecule has 20 heavy (non-hydrogen) atoms. The van der Waals surface area contributed by atoms with Gasteiger partial charge >= 0.3 is 0 Å². The van der Waals surface area contributed by atoms with Gasteiger partial charge in [-0.25, -0.2) is 9.97 Å². The van der Waals surface area contributed by atoms with Crippen LogP contribution < -0.4 is 0 Å². The van der Waals surface area contributed by atoms with Crippen LogP contribution in [0.4, 0.5) is 0 Å². The van der Waals surface area contributed by atoms with Crippen molar-refractivity contribution in [3.05, 3.63) is 45.1 Å². The molecule has 0 spiro atoms. The fraction of sp³-hybridized carbons (Fsp3) is 0.375. The highest BCUT2D eigenvalue weighted by atomic mass is 79.9. The Morgan fingerprint density at radius 3 is 2.20 bits per heavy atom. The monoisotopic (exact) mass is 352 g/mol. The first-order valence-corrected chi connectivity index (χ1v) is 7.83. The SMILES string of the molecule is CCc1nc(-c2ccc(C(C)(C)C)cc2)nc(Cl)c1Br. The maximum Gasteiger partial charge on any atom is 0.161 e. The third-order valence-corrected chi connectivity index (χ3v) is 4.56. The molecular formula is C16H18BrClN2. The number of nitrogens with zero attached hydrogens (tertiary/aromatic N) is 2. The van der Waals surface area contributed by atoms with Crippen LogP contribution in [0.2, 0.25) is 5.15 Å². The summed E-state index contributed by atoms with van der Waals surface area (Å²) in [5, 5.41) is 0.465. The highest BCUT2D eigenvalue weighted by Gasteiger charge is 2.15. The quantitative estimate of drug-likeness (QED) is 0.674. The minimum Gasteiger partial charge on any atom is -0.232 e. The lowest BCUT2D eigenvalue weighted by Gasteiger charge is -2.19. The molecule has 2 nitrogen and oxygen atoms in total. The zero-order chi connectivity index (χ0) is 14.9. The van der Waals surface area contributed by atoms with Crippen LogP contribution in [-0.2, 0) is 11.8 Å². The summed E-state index contributed by atoms with van der Waals surface area (Å²) in [6, 6.07) is 8.36. The van der Waals surface area contributed by atoms with Gasteiger partial charge in [-0.15, -0.1) is 0 Å². The van der Waals surface area contributed by atoms with Crippen molar-refractivity contribution >= 4 is 27.5 Å². The molecule has 0 N–H and O–H groups in total. The van der Waals surface area contributed by atoms with Gasteiger partial charge in [0.2, 0.25) is 0 Å². The Hall–Kier alpha value is -0.930. The van der Waals surface area contributed by atoms with Crippen molar-refractivity contribution in [1.82, 2.24) is 9.97 Å². The molecule has 0 aliphatic rings. The number of benzene rings is 1. The summed E-state index contributed by atoms with van der Waals surface area (Å²) >= 11 is 9.58. The van der Waals surface area contributed by atoms with Gasteiger partial charge in [0, 0.05) is 5.56 Å². The van der Waals surface area contributed by atoms with E-state index < -0.39 is 0 Å². The van der Waals surface area contributed by atoms with E-state index in [1.54, 1.807) is 0 Å². The summed E-state index contributed by atoms with van der Waals surface area (Å²) < 4.78 is 0.789. The van der Waals surface area contributed by atoms with Crippen molar-refractivity contribution in [3.8, 4) is 11.4 Å². The van der Waals surface area contributed by atoms with Crippen molar-refractivity contribution in [2.24, 2.45) is 0 Å². The summed E-state index contributed by atoms with van der Waals surface area (Å²) in [6.07, 6.45) is 0.815. The average Bonchev–Trinajstić information content (AvgIpc) is 2.41. The molecule has 0 bridgehead atoms. The molecule has 106 valence electrons. The van der Waals surface area contributed by atoms with E-state index in [1.165, 1.54) is 5.56 Å². The van der Waals surface area contributed by atoms with Crippen molar-refractivity contribution in [1.29, 1.82) is 0 Å². The summed E-state index contributed by atoms with van der Waals surface area (Å²) in [7, 11) is 0. The second-order valence-electron chi connectivity index (χ2n) is 5.78. The van der Waals surface area contributed by atoms with Crippen LogP contribution in [0.3, 0.4) is 0 Å². The van der Waals surface area contributed by atoms with Crippen LogP contribution in [0.1, 0.15) is 39.0 Å². The first-order valence-electron chi connectivity index (χ1n) is 6.65. The van der Waals surface area contributed by atoms with E-state index in [-0.39, 0.29) is 5.41 Å². The predicted octanol–water partition coefficient (Wildman–Crippen LogP) is 5.42. The van der Waals surface area contributed by atoms with E-state index in [0.29, 0.717) is 11.0 Å². The second kappa shape index (κ2) is 5.82. The maximum atomic E-state index is 6.15. The number of hydrogen-bond acceptors (Lipinski definition) is 2. The fourth-order valence-corrected chi connectivity index (χ4v) is 2.59. The molecule has 0 aliphatic heterocycles. The molecule has 2 rings (SSSR count). The van der Waals surface area contributed by atoms with E-state index in [0.717, 1.165) is 22.2 Å². The number of halogens is 2. The first kappa shape index (κ1) is 15.5. The fourth-order valence-electron chi connectivity index (χ4n) is 1.95. The van der Waals surface area contributed by atoms with Gasteiger partial charge in [0.1, 0.15) is 5.15 Å². The highest BCUT2D eigenvalue weighted by molar-refractivity contribution is 9.10. The molecule has 0 aliphatic carbocycles. The molecule has 1 aromatic carbocycles. The molecule has 0 saturated heterocycles. The molecule has 0 amide bonds. The maximum absolute atomic E-state index is 6.15. The van der Waals surface area contributed by atoms with Gasteiger partial charge in [-0.2, -0.15) is 0 Å². The molecular weight excluding hydrogens is 336 g/mol. The zero-order valence-corrected chi connectivity index (χ0v) is 14.5. The first-order chi connectivity index (χ1) is 9.32. The van der Waals surface area contributed by atoms with Crippen molar-refractivity contribution in [2.45, 2.75) is 39.5 Å². The zero-order valence-electron chi connectivity index (χ0n) is 12.2. The highest BCUT2D eigenvalue weighted by Crippen LogP contribution is 2.29. The van der Waals surface area contributed by atoms with Crippen LogP contribution in [0.5, 0.6) is 0 Å². The number of aryl methyl sites for hydroxylation is 1. The second-order valence-corrected chi connectivity index (χ2v) is 6.93. The Labute approximate surface area is 133 Å². The molecule has 0 atom stereocenters. The third-order valence-electron chi connectivity index (χ3n) is 3.22. The molecule has 0 fully saturated rings. The van der Waals surface area contributed by atoms with Crippen LogP contribution in [-0.4, -0.2) is 9.97 Å². The molecule has 0 radical (unpaired) electrons. The van der Waals surface area contributed by atoms with Crippen molar-refractivity contribution < 1.29 is 0 Å². The average molecular weight is 354 g/mol. The van der Waals surface area contributed by atoms with Gasteiger partial charge in [0.25, 0.3) is 0 Å². The Balaban J connectivity index is 2.44. The lowest BCUT2D eigenvalue weighted by atomic mass is 9.87. The Morgan fingerprint density at radius 2 is 1.70 bits per heavy atom. The van der Waals surface area contributed by atoms with Gasteiger partial charge < -0.3 is 0 Å². The van der Waals surface area contributed by atoms with E-state index in [1.807, 2.05) is 0 Å². The number of aromatic nitrogens is 2. The molecule has 0 unspecified atom stereocenters. The largest absolute Gasteiger partial charge is 0.232 e. The standard InChI is InChI=1S/C16H18BrClN2/c1-5-12-13(17)14(18)20-15(19-12)10-6-8-11(9-7-10)16(2,3)4/h6-9H,5H2,1-4H3. The molecule has 1 aromatic heterocycles. The van der Waals surface area contributed by atoms with Gasteiger partial charge in [0.05, 0.1) is 10.2 Å². The Morgan fingerprint density at radius 1 is 1.10 bits per heavy atom. The third kappa shape index (κ3) is 3.21. The van der Waals surface area contributed by atoms with Crippen LogP contribution in [0, 0.1) is 0 Å². The van der Waals surface area contributed by atoms with Crippen molar-refractivity contribution in [3.63, 3.8) is 0 Å². The number of rotatable bonds is 2. The lowest BCUT2D eigenvalue weighted by molar-refractivity contribution is 0.590. The normalized spacial score (nSPS) is 11.7. The van der Waals surface area contributed by atoms with E-state index >= 15 is 0 Å². The summed E-state index contributed by atoms with van der Waals surface area (Å²) in [5.74, 6) is 0.676. The van der Waals surface area contributed by atoms with Crippen LogP contribution in [0.25, 0.3) is 11.4 Å². The van der Waals surface area contributed by atoms with E-state index in [9.17, 15) is 0 Å². The van der Waals surface area contributed by atoms with Gasteiger partial charge in [-0.05, 0) is 33.3 Å².